The Balaban J connectivity index is 3.82. The van der Waals surface area contributed by atoms with Gasteiger partial charge in [0.25, 0.3) is 0 Å². The molecule has 66 valence electrons. The highest BCUT2D eigenvalue weighted by Crippen LogP contribution is 2.16. The Bertz CT molecular complexity index is 134. The van der Waals surface area contributed by atoms with Crippen LogP contribution in [0, 0.1) is 11.8 Å². The molecule has 0 heterocycles. The van der Waals surface area contributed by atoms with Crippen LogP contribution >= 0.6 is 0 Å². The minimum atomic E-state index is -0.590. The summed E-state index contributed by atoms with van der Waals surface area (Å²) >= 11 is 0. The molecule has 3 N–H and O–H groups in total. The third kappa shape index (κ3) is 3.98. The van der Waals surface area contributed by atoms with E-state index in [1.54, 1.807) is 0 Å². The first kappa shape index (κ1) is 10.4. The fourth-order valence-corrected chi connectivity index (χ4v) is 0.836. The Morgan fingerprint density at radius 3 is 2.18 bits per heavy atom. The number of aliphatic hydroxyl groups excluding tert-OH is 1. The van der Waals surface area contributed by atoms with Crippen LogP contribution in [0.4, 0.5) is 0 Å². The van der Waals surface area contributed by atoms with E-state index in [0.29, 0.717) is 5.92 Å². The summed E-state index contributed by atoms with van der Waals surface area (Å²) in [5.74, 6) is 0.0665. The molecule has 3 heteroatoms. The van der Waals surface area contributed by atoms with Crippen LogP contribution in [0.3, 0.4) is 0 Å². The molecule has 0 bridgehead atoms. The van der Waals surface area contributed by atoms with E-state index in [-0.39, 0.29) is 12.3 Å². The lowest BCUT2D eigenvalue weighted by Crippen LogP contribution is -2.28. The Morgan fingerprint density at radius 2 is 1.91 bits per heavy atom. The van der Waals surface area contributed by atoms with Crippen molar-refractivity contribution < 1.29 is 9.90 Å². The second-order valence-corrected chi connectivity index (χ2v) is 3.34. The van der Waals surface area contributed by atoms with Gasteiger partial charge in [-0.05, 0) is 11.8 Å². The van der Waals surface area contributed by atoms with E-state index in [2.05, 4.69) is 0 Å². The van der Waals surface area contributed by atoms with Gasteiger partial charge in [-0.25, -0.2) is 0 Å². The lowest BCUT2D eigenvalue weighted by atomic mass is 9.90. The predicted octanol–water partition coefficient (Wildman–Crippen LogP) is 0.515. The molecule has 0 rings (SSSR count). The number of carbonyl (C=O) groups excluding carboxylic acids is 1. The first-order valence-corrected chi connectivity index (χ1v) is 3.91. The number of aliphatic hydroxyl groups is 1. The van der Waals surface area contributed by atoms with Gasteiger partial charge in [0.05, 0.1) is 12.5 Å². The zero-order valence-corrected chi connectivity index (χ0v) is 7.37. The molecular formula is C8H17NO2. The maximum Gasteiger partial charge on any atom is 0.220 e. The summed E-state index contributed by atoms with van der Waals surface area (Å²) in [6.07, 6.45) is -0.521. The van der Waals surface area contributed by atoms with Crippen molar-refractivity contribution >= 4 is 5.91 Å². The van der Waals surface area contributed by atoms with Gasteiger partial charge in [0.15, 0.2) is 0 Å². The van der Waals surface area contributed by atoms with Gasteiger partial charge in [-0.15, -0.1) is 0 Å². The van der Waals surface area contributed by atoms with Gasteiger partial charge in [-0.1, -0.05) is 20.8 Å². The minimum Gasteiger partial charge on any atom is -0.392 e. The molecule has 0 saturated carbocycles. The number of hydrogen-bond donors (Lipinski definition) is 2. The molecule has 3 nitrogen and oxygen atoms in total. The van der Waals surface area contributed by atoms with Crippen molar-refractivity contribution in [2.75, 3.05) is 0 Å². The van der Waals surface area contributed by atoms with E-state index in [0.717, 1.165) is 0 Å². The third-order valence-corrected chi connectivity index (χ3v) is 2.07. The number of rotatable bonds is 4. The first-order valence-electron chi connectivity index (χ1n) is 3.91. The van der Waals surface area contributed by atoms with E-state index >= 15 is 0 Å². The topological polar surface area (TPSA) is 63.3 Å². The zero-order chi connectivity index (χ0) is 9.02. The minimum absolute atomic E-state index is 0.0688. The Hall–Kier alpha value is -0.570. The Kier molecular flexibility index (Phi) is 4.11. The fraction of sp³-hybridized carbons (Fsp3) is 0.875. The van der Waals surface area contributed by atoms with Crippen LogP contribution in [0.1, 0.15) is 27.2 Å². The quantitative estimate of drug-likeness (QED) is 0.628. The summed E-state index contributed by atoms with van der Waals surface area (Å²) in [6, 6.07) is 0. The number of nitrogens with two attached hydrogens (primary N) is 1. The van der Waals surface area contributed by atoms with Crippen molar-refractivity contribution in [3.8, 4) is 0 Å². The summed E-state index contributed by atoms with van der Waals surface area (Å²) in [5, 5.41) is 9.36. The van der Waals surface area contributed by atoms with E-state index in [1.807, 2.05) is 20.8 Å². The molecule has 0 aliphatic heterocycles. The fourth-order valence-electron chi connectivity index (χ4n) is 0.836. The summed E-state index contributed by atoms with van der Waals surface area (Å²) in [7, 11) is 0. The van der Waals surface area contributed by atoms with E-state index in [4.69, 9.17) is 5.73 Å². The van der Waals surface area contributed by atoms with Crippen molar-refractivity contribution in [2.24, 2.45) is 17.6 Å². The molecule has 0 saturated heterocycles. The smallest absolute Gasteiger partial charge is 0.220 e. The highest BCUT2D eigenvalue weighted by atomic mass is 16.3. The number of primary amides is 1. The Morgan fingerprint density at radius 1 is 1.45 bits per heavy atom. The highest BCUT2D eigenvalue weighted by Gasteiger charge is 2.18. The SMILES string of the molecule is CC(C)C(C)C(O)CC(N)=O. The molecule has 0 aliphatic carbocycles. The zero-order valence-electron chi connectivity index (χ0n) is 7.37. The lowest BCUT2D eigenvalue weighted by Gasteiger charge is -2.20. The molecule has 11 heavy (non-hydrogen) atoms. The molecular weight excluding hydrogens is 142 g/mol. The van der Waals surface area contributed by atoms with Crippen LogP contribution < -0.4 is 5.73 Å². The van der Waals surface area contributed by atoms with Gasteiger partial charge in [-0.2, -0.15) is 0 Å². The van der Waals surface area contributed by atoms with E-state index < -0.39 is 12.0 Å². The predicted molar refractivity (Wildman–Crippen MR) is 43.8 cm³/mol. The molecule has 0 aliphatic rings. The van der Waals surface area contributed by atoms with Crippen molar-refractivity contribution in [3.63, 3.8) is 0 Å². The molecule has 0 fully saturated rings. The van der Waals surface area contributed by atoms with Crippen molar-refractivity contribution in [1.82, 2.24) is 0 Å². The maximum atomic E-state index is 10.4. The van der Waals surface area contributed by atoms with Gasteiger partial charge in [0.2, 0.25) is 5.91 Å². The van der Waals surface area contributed by atoms with E-state index in [9.17, 15) is 9.90 Å². The van der Waals surface area contributed by atoms with Crippen LogP contribution in [0.15, 0.2) is 0 Å². The van der Waals surface area contributed by atoms with E-state index in [1.165, 1.54) is 0 Å². The van der Waals surface area contributed by atoms with Crippen LogP contribution in [0.2, 0.25) is 0 Å². The molecule has 2 atom stereocenters. The number of carbonyl (C=O) groups is 1. The monoisotopic (exact) mass is 159 g/mol. The molecule has 0 radical (unpaired) electrons. The third-order valence-electron chi connectivity index (χ3n) is 2.07. The average Bonchev–Trinajstić information content (AvgIpc) is 1.84. The van der Waals surface area contributed by atoms with Gasteiger partial charge >= 0.3 is 0 Å². The van der Waals surface area contributed by atoms with Crippen LogP contribution in [0.5, 0.6) is 0 Å². The van der Waals surface area contributed by atoms with Crippen molar-refractivity contribution in [2.45, 2.75) is 33.3 Å². The van der Waals surface area contributed by atoms with Crippen molar-refractivity contribution in [3.05, 3.63) is 0 Å². The van der Waals surface area contributed by atoms with Crippen LogP contribution in [-0.4, -0.2) is 17.1 Å². The summed E-state index contributed by atoms with van der Waals surface area (Å²) in [4.78, 5) is 10.4. The van der Waals surface area contributed by atoms with Gasteiger partial charge in [0, 0.05) is 0 Å². The molecule has 0 aromatic carbocycles. The summed E-state index contributed by atoms with van der Waals surface area (Å²) < 4.78 is 0. The molecule has 0 aromatic rings. The normalized spacial score (nSPS) is 16.5. The van der Waals surface area contributed by atoms with Crippen molar-refractivity contribution in [1.29, 1.82) is 0 Å². The maximum absolute atomic E-state index is 10.4. The van der Waals surface area contributed by atoms with Gasteiger partial charge in [0.1, 0.15) is 0 Å². The summed E-state index contributed by atoms with van der Waals surface area (Å²) in [5.41, 5.74) is 4.93. The molecule has 2 unspecified atom stereocenters. The Labute approximate surface area is 67.6 Å². The standard InChI is InChI=1S/C8H17NO2/c1-5(2)6(3)7(10)4-8(9)11/h5-7,10H,4H2,1-3H3,(H2,9,11). The molecule has 0 aromatic heterocycles. The van der Waals surface area contributed by atoms with Gasteiger partial charge < -0.3 is 10.8 Å². The largest absolute Gasteiger partial charge is 0.392 e. The van der Waals surface area contributed by atoms with Gasteiger partial charge in [-0.3, -0.25) is 4.79 Å². The number of amides is 1. The lowest BCUT2D eigenvalue weighted by molar-refractivity contribution is -0.120. The molecule has 1 amide bonds. The summed E-state index contributed by atoms with van der Waals surface area (Å²) in [6.45, 7) is 5.93. The van der Waals surface area contributed by atoms with Crippen LogP contribution in [-0.2, 0) is 4.79 Å². The average molecular weight is 159 g/mol. The number of hydrogen-bond acceptors (Lipinski definition) is 2. The second kappa shape index (κ2) is 4.34. The molecule has 0 spiro atoms. The highest BCUT2D eigenvalue weighted by molar-refractivity contribution is 5.74. The van der Waals surface area contributed by atoms with Crippen LogP contribution in [0.25, 0.3) is 0 Å². The first-order chi connectivity index (χ1) is 4.95. The second-order valence-electron chi connectivity index (χ2n) is 3.34.